The molecule has 3 N–H and O–H groups in total. The predicted molar refractivity (Wildman–Crippen MR) is 98.7 cm³/mol. The van der Waals surface area contributed by atoms with E-state index in [0.29, 0.717) is 17.5 Å². The van der Waals surface area contributed by atoms with Gasteiger partial charge >= 0.3 is 5.63 Å². The minimum atomic E-state index is -0.544. The van der Waals surface area contributed by atoms with Gasteiger partial charge < -0.3 is 24.8 Å². The van der Waals surface area contributed by atoms with Crippen LogP contribution in [-0.2, 0) is 11.3 Å². The van der Waals surface area contributed by atoms with Crippen molar-refractivity contribution < 1.29 is 19.4 Å². The zero-order chi connectivity index (χ0) is 18.8. The van der Waals surface area contributed by atoms with Crippen molar-refractivity contribution in [1.82, 2.24) is 0 Å². The smallest absolute Gasteiger partial charge is 0.336 e. The van der Waals surface area contributed by atoms with Crippen LogP contribution < -0.4 is 15.8 Å². The Morgan fingerprint density at radius 1 is 1.12 bits per heavy atom. The lowest BCUT2D eigenvalue weighted by Crippen LogP contribution is -2.22. The highest BCUT2D eigenvalue weighted by molar-refractivity contribution is 5.91. The first-order chi connectivity index (χ1) is 12.3. The van der Waals surface area contributed by atoms with E-state index in [1.807, 2.05) is 24.3 Å². The fourth-order valence-corrected chi connectivity index (χ4v) is 2.58. The van der Waals surface area contributed by atoms with E-state index in [9.17, 15) is 19.8 Å². The molecule has 0 spiro atoms. The molecule has 26 heavy (non-hydrogen) atoms. The first-order valence-electron chi connectivity index (χ1n) is 7.92. The molecule has 7 nitrogen and oxygen atoms in total. The average Bonchev–Trinajstić information content (AvgIpc) is 2.61. The Morgan fingerprint density at radius 2 is 1.77 bits per heavy atom. The molecule has 1 amide bonds. The van der Waals surface area contributed by atoms with Gasteiger partial charge in [-0.1, -0.05) is 0 Å². The molecule has 0 atom stereocenters. The van der Waals surface area contributed by atoms with Crippen molar-refractivity contribution in [2.75, 3.05) is 17.3 Å². The van der Waals surface area contributed by atoms with Gasteiger partial charge in [0.2, 0.25) is 5.91 Å². The first kappa shape index (κ1) is 17.3. The van der Waals surface area contributed by atoms with Gasteiger partial charge in [-0.2, -0.15) is 0 Å². The topological polar surface area (TPSA) is 103 Å². The fraction of sp³-hybridized carbons (Fsp3) is 0.158. The number of carbonyl (C=O) groups excluding carboxylic acids is 1. The summed E-state index contributed by atoms with van der Waals surface area (Å²) in [6.07, 6.45) is 0. The molecule has 0 aliphatic carbocycles. The molecule has 0 bridgehead atoms. The normalized spacial score (nSPS) is 10.7. The zero-order valence-corrected chi connectivity index (χ0v) is 14.3. The average molecular weight is 354 g/mol. The van der Waals surface area contributed by atoms with Crippen molar-refractivity contribution in [3.05, 3.63) is 58.4 Å². The predicted octanol–water partition coefficient (Wildman–Crippen LogP) is 2.80. The van der Waals surface area contributed by atoms with E-state index >= 15 is 0 Å². The molecule has 0 radical (unpaired) electrons. The maximum atomic E-state index is 11.7. The van der Waals surface area contributed by atoms with E-state index in [0.717, 1.165) is 11.4 Å². The molecule has 3 rings (SSSR count). The summed E-state index contributed by atoms with van der Waals surface area (Å²) in [6, 6.07) is 11.2. The van der Waals surface area contributed by atoms with E-state index in [-0.39, 0.29) is 23.0 Å². The third-order valence-corrected chi connectivity index (χ3v) is 4.14. The van der Waals surface area contributed by atoms with Gasteiger partial charge in [-0.15, -0.1) is 0 Å². The second kappa shape index (κ2) is 6.79. The monoisotopic (exact) mass is 354 g/mol. The van der Waals surface area contributed by atoms with Gasteiger partial charge in [0.05, 0.1) is 0 Å². The number of benzene rings is 2. The molecule has 134 valence electrons. The van der Waals surface area contributed by atoms with Crippen molar-refractivity contribution >= 4 is 28.3 Å². The van der Waals surface area contributed by atoms with Crippen molar-refractivity contribution in [3.63, 3.8) is 0 Å². The summed E-state index contributed by atoms with van der Waals surface area (Å²) in [7, 11) is 1.70. The maximum Gasteiger partial charge on any atom is 0.336 e. The Balaban J connectivity index is 1.85. The molecule has 0 fully saturated rings. The fourth-order valence-electron chi connectivity index (χ4n) is 2.58. The lowest BCUT2D eigenvalue weighted by molar-refractivity contribution is -0.116. The van der Waals surface area contributed by atoms with Crippen LogP contribution in [0.2, 0.25) is 0 Å². The summed E-state index contributed by atoms with van der Waals surface area (Å²) >= 11 is 0. The zero-order valence-electron chi connectivity index (χ0n) is 14.3. The van der Waals surface area contributed by atoms with Gasteiger partial charge in [0, 0.05) is 49.4 Å². The first-order valence-corrected chi connectivity index (χ1v) is 7.92. The number of phenols is 2. The standard InChI is InChI=1S/C19H18N2O5/c1-11(22)21(2)14-5-3-13(4-6-14)20-10-12-7-19(25)26-18-9-17(24)16(23)8-15(12)18/h3-9,20,23-24H,10H2,1-2H3. The van der Waals surface area contributed by atoms with Crippen molar-refractivity contribution in [1.29, 1.82) is 0 Å². The van der Waals surface area contributed by atoms with E-state index in [1.54, 1.807) is 7.05 Å². The highest BCUT2D eigenvalue weighted by Crippen LogP contribution is 2.31. The SMILES string of the molecule is CC(=O)N(C)c1ccc(NCc2cc(=O)oc3cc(O)c(O)cc23)cc1. The number of hydrogen-bond donors (Lipinski definition) is 3. The number of fused-ring (bicyclic) bond motifs is 1. The van der Waals surface area contributed by atoms with Crippen LogP contribution >= 0.6 is 0 Å². The van der Waals surface area contributed by atoms with E-state index in [2.05, 4.69) is 5.32 Å². The Morgan fingerprint density at radius 3 is 2.42 bits per heavy atom. The number of nitrogens with zero attached hydrogens (tertiary/aromatic N) is 1. The van der Waals surface area contributed by atoms with Gasteiger partial charge in [0.1, 0.15) is 5.58 Å². The minimum Gasteiger partial charge on any atom is -0.504 e. The van der Waals surface area contributed by atoms with Crippen molar-refractivity contribution in [2.24, 2.45) is 0 Å². The van der Waals surface area contributed by atoms with Gasteiger partial charge in [-0.25, -0.2) is 4.79 Å². The lowest BCUT2D eigenvalue weighted by Gasteiger charge is -2.15. The molecule has 7 heteroatoms. The number of carbonyl (C=O) groups is 1. The highest BCUT2D eigenvalue weighted by Gasteiger charge is 2.10. The Hall–Kier alpha value is -3.48. The quantitative estimate of drug-likeness (QED) is 0.492. The summed E-state index contributed by atoms with van der Waals surface area (Å²) in [5.74, 6) is -0.698. The van der Waals surface area contributed by atoms with Crippen LogP contribution in [0, 0.1) is 0 Å². The number of amides is 1. The number of nitrogens with one attached hydrogen (secondary N) is 1. The third kappa shape index (κ3) is 3.46. The van der Waals surface area contributed by atoms with Gasteiger partial charge in [0.15, 0.2) is 11.5 Å². The summed E-state index contributed by atoms with van der Waals surface area (Å²) < 4.78 is 5.06. The van der Waals surface area contributed by atoms with Gasteiger partial charge in [0.25, 0.3) is 0 Å². The van der Waals surface area contributed by atoms with Crippen molar-refractivity contribution in [2.45, 2.75) is 13.5 Å². The van der Waals surface area contributed by atoms with Crippen LogP contribution in [0.1, 0.15) is 12.5 Å². The van der Waals surface area contributed by atoms with Gasteiger partial charge in [-0.05, 0) is 35.9 Å². The molecule has 0 saturated carbocycles. The van der Waals surface area contributed by atoms with Crippen LogP contribution in [0.25, 0.3) is 11.0 Å². The summed E-state index contributed by atoms with van der Waals surface area (Å²) in [6.45, 7) is 1.81. The third-order valence-electron chi connectivity index (χ3n) is 4.14. The molecular formula is C19H18N2O5. The number of anilines is 2. The molecule has 0 saturated heterocycles. The number of aromatic hydroxyl groups is 2. The summed E-state index contributed by atoms with van der Waals surface area (Å²) in [5, 5.41) is 23.0. The van der Waals surface area contributed by atoms with E-state index in [4.69, 9.17) is 4.42 Å². The maximum absolute atomic E-state index is 11.7. The molecule has 1 aromatic heterocycles. The molecular weight excluding hydrogens is 336 g/mol. The molecule has 2 aromatic carbocycles. The molecule has 3 aromatic rings. The Kier molecular flexibility index (Phi) is 4.53. The van der Waals surface area contributed by atoms with Crippen LogP contribution in [0.15, 0.2) is 51.7 Å². The highest BCUT2D eigenvalue weighted by atomic mass is 16.4. The number of hydrogen-bond acceptors (Lipinski definition) is 6. The van der Waals surface area contributed by atoms with E-state index < -0.39 is 5.63 Å². The van der Waals surface area contributed by atoms with Crippen LogP contribution in [0.3, 0.4) is 0 Å². The Bertz CT molecular complexity index is 1020. The van der Waals surface area contributed by atoms with Gasteiger partial charge in [-0.3, -0.25) is 4.79 Å². The second-order valence-corrected chi connectivity index (χ2v) is 5.91. The van der Waals surface area contributed by atoms with Crippen LogP contribution in [0.5, 0.6) is 11.5 Å². The number of phenolic OH excluding ortho intramolecular Hbond substituents is 2. The van der Waals surface area contributed by atoms with E-state index in [1.165, 1.54) is 30.0 Å². The summed E-state index contributed by atoms with van der Waals surface area (Å²) in [4.78, 5) is 24.6. The number of rotatable bonds is 4. The minimum absolute atomic E-state index is 0.0590. The molecule has 0 unspecified atom stereocenters. The molecule has 0 aliphatic rings. The van der Waals surface area contributed by atoms with Crippen LogP contribution in [-0.4, -0.2) is 23.2 Å². The largest absolute Gasteiger partial charge is 0.504 e. The van der Waals surface area contributed by atoms with Crippen LogP contribution in [0.4, 0.5) is 11.4 Å². The Labute approximate surface area is 149 Å². The lowest BCUT2D eigenvalue weighted by atomic mass is 10.1. The van der Waals surface area contributed by atoms with Crippen molar-refractivity contribution in [3.8, 4) is 11.5 Å². The molecule has 0 aliphatic heterocycles. The summed E-state index contributed by atoms with van der Waals surface area (Å²) in [5.41, 5.74) is 1.85. The molecule has 1 heterocycles. The second-order valence-electron chi connectivity index (χ2n) is 5.91.